The quantitative estimate of drug-likeness (QED) is 0.119. The monoisotopic (exact) mass is 670 g/mol. The number of halogens is 6. The van der Waals surface area contributed by atoms with Gasteiger partial charge in [-0.15, -0.1) is 0 Å². The second kappa shape index (κ2) is 10.9. The first-order valence-electron chi connectivity index (χ1n) is 16.4. The molecule has 3 aliphatic rings. The minimum absolute atomic E-state index is 0.0664. The first-order valence-corrected chi connectivity index (χ1v) is 18.4. The molecule has 7 rings (SSSR count). The van der Waals surface area contributed by atoms with Gasteiger partial charge in [-0.05, 0) is 85.9 Å². The summed E-state index contributed by atoms with van der Waals surface area (Å²) < 4.78 is 61.7. The molecule has 0 bridgehead atoms. The molecule has 0 radical (unpaired) electrons. The number of benzene rings is 4. The molecule has 2 aliphatic heterocycles. The van der Waals surface area contributed by atoms with Gasteiger partial charge in [-0.1, -0.05) is 79.9 Å². The summed E-state index contributed by atoms with van der Waals surface area (Å²) in [6.07, 6.45) is 13.7. The third-order valence-electron chi connectivity index (χ3n) is 10.1. The van der Waals surface area contributed by atoms with Gasteiger partial charge in [0.2, 0.25) is 5.69 Å². The van der Waals surface area contributed by atoms with Crippen LogP contribution in [0.2, 0.25) is 0 Å². The van der Waals surface area contributed by atoms with Crippen LogP contribution in [0, 0.1) is 0 Å². The Kier molecular flexibility index (Phi) is 7.75. The molecule has 1 spiro atoms. The van der Waals surface area contributed by atoms with E-state index in [0.717, 1.165) is 13.1 Å². The van der Waals surface area contributed by atoms with Crippen LogP contribution in [0.5, 0.6) is 0 Å². The van der Waals surface area contributed by atoms with Crippen molar-refractivity contribution in [2.24, 2.45) is 0 Å². The maximum absolute atomic E-state index is 10.7. The number of hydrogen-bond donors (Lipinski definition) is 0. The molecule has 1 fully saturated rings. The van der Waals surface area contributed by atoms with Crippen molar-refractivity contribution in [2.45, 2.75) is 70.6 Å². The summed E-state index contributed by atoms with van der Waals surface area (Å²) in [5.41, 5.74) is 8.74. The van der Waals surface area contributed by atoms with E-state index in [0.29, 0.717) is 0 Å². The molecule has 9 heteroatoms. The van der Waals surface area contributed by atoms with Gasteiger partial charge in [-0.3, -0.25) is 0 Å². The molecule has 0 N–H and O–H groups in total. The van der Waals surface area contributed by atoms with E-state index in [1.165, 1.54) is 82.0 Å². The number of likely N-dealkylation sites (N-methyl/N-ethyl adjacent to an activating group) is 1. The number of allylic oxidation sites excluding steroid dienone is 4. The Morgan fingerprint density at radius 1 is 0.745 bits per heavy atom. The summed E-state index contributed by atoms with van der Waals surface area (Å²) in [5.74, 6) is 0. The fourth-order valence-electron chi connectivity index (χ4n) is 8.36. The molecular weight excluding hydrogens is 629 g/mol. The molecule has 0 saturated heterocycles. The first kappa shape index (κ1) is 33.3. The fraction of sp³-hybridized carbons (Fsp3) is 0.342. The van der Waals surface area contributed by atoms with E-state index < -0.39 is 7.81 Å². The molecule has 1 saturated carbocycles. The van der Waals surface area contributed by atoms with Crippen molar-refractivity contribution in [1.82, 2.24) is 0 Å². The van der Waals surface area contributed by atoms with Gasteiger partial charge in [0.15, 0.2) is 5.71 Å². The predicted molar refractivity (Wildman–Crippen MR) is 185 cm³/mol. The van der Waals surface area contributed by atoms with Gasteiger partial charge in [0, 0.05) is 41.1 Å². The van der Waals surface area contributed by atoms with Crippen molar-refractivity contribution in [1.29, 1.82) is 0 Å². The molecular formula is C38H41F6N2P. The fourth-order valence-corrected chi connectivity index (χ4v) is 8.36. The standard InChI is InChI=1S/C38H41N2.F6P/c1-5-39-31-23-21-27-15-8-10-17-29(27)35(31)37(3,4)33(39)19-14-20-34-38(25-12-7-13-26-38)36-30-18-11-9-16-28(30)22-24-32(36)40(34)6-2;1-7(2,3,4,5)6/h8-11,14-24H,5-7,12-13,25-26H2,1-4H3;/q+1;-1. The van der Waals surface area contributed by atoms with Crippen molar-refractivity contribution >= 4 is 46.4 Å². The molecule has 4 aromatic carbocycles. The molecule has 0 aromatic heterocycles. The van der Waals surface area contributed by atoms with Gasteiger partial charge in [0.05, 0.1) is 5.41 Å². The van der Waals surface area contributed by atoms with Gasteiger partial charge in [0.25, 0.3) is 0 Å². The van der Waals surface area contributed by atoms with Crippen molar-refractivity contribution in [2.75, 3.05) is 18.0 Å². The summed E-state index contributed by atoms with van der Waals surface area (Å²) in [6.45, 7) is 11.4. The Hall–Kier alpha value is -3.64. The van der Waals surface area contributed by atoms with Crippen LogP contribution in [0.3, 0.4) is 0 Å². The average Bonchev–Trinajstić information content (AvgIpc) is 3.40. The predicted octanol–water partition coefficient (Wildman–Crippen LogP) is 13.0. The van der Waals surface area contributed by atoms with Gasteiger partial charge in [-0.25, -0.2) is 0 Å². The second-order valence-corrected chi connectivity index (χ2v) is 15.3. The van der Waals surface area contributed by atoms with Gasteiger partial charge < -0.3 is 4.90 Å². The van der Waals surface area contributed by atoms with Crippen molar-refractivity contribution < 1.29 is 29.8 Å². The van der Waals surface area contributed by atoms with Crippen LogP contribution in [0.4, 0.5) is 36.6 Å². The van der Waals surface area contributed by atoms with Crippen LogP contribution >= 0.6 is 7.81 Å². The Bertz CT molecular complexity index is 1960. The molecule has 250 valence electrons. The average molecular weight is 671 g/mol. The van der Waals surface area contributed by atoms with Crippen molar-refractivity contribution in [3.63, 3.8) is 0 Å². The zero-order valence-corrected chi connectivity index (χ0v) is 28.1. The minimum atomic E-state index is -10.7. The zero-order valence-electron chi connectivity index (χ0n) is 27.2. The Morgan fingerprint density at radius 2 is 1.30 bits per heavy atom. The topological polar surface area (TPSA) is 6.25 Å². The molecule has 0 amide bonds. The van der Waals surface area contributed by atoms with Crippen molar-refractivity contribution in [3.05, 3.63) is 108 Å². The van der Waals surface area contributed by atoms with Crippen LogP contribution < -0.4 is 4.90 Å². The maximum atomic E-state index is 9.87. The first-order chi connectivity index (χ1) is 22.0. The summed E-state index contributed by atoms with van der Waals surface area (Å²) in [7, 11) is -10.7. The van der Waals surface area contributed by atoms with E-state index >= 15 is 0 Å². The third kappa shape index (κ3) is 6.34. The Labute approximate surface area is 272 Å². The zero-order chi connectivity index (χ0) is 33.9. The molecule has 0 atom stereocenters. The summed E-state index contributed by atoms with van der Waals surface area (Å²) in [4.78, 5) is 2.61. The van der Waals surface area contributed by atoms with Crippen LogP contribution in [0.15, 0.2) is 96.7 Å². The van der Waals surface area contributed by atoms with Crippen LogP contribution in [0.1, 0.15) is 70.9 Å². The normalized spacial score (nSPS) is 20.8. The summed E-state index contributed by atoms with van der Waals surface area (Å²) >= 11 is 0. The Balaban J connectivity index is 0.000000499. The molecule has 2 nitrogen and oxygen atoms in total. The summed E-state index contributed by atoms with van der Waals surface area (Å²) in [6, 6.07) is 27.2. The molecule has 0 unspecified atom stereocenters. The van der Waals surface area contributed by atoms with Crippen molar-refractivity contribution in [3.8, 4) is 0 Å². The number of anilines is 1. The van der Waals surface area contributed by atoms with E-state index in [-0.39, 0.29) is 10.8 Å². The Morgan fingerprint density at radius 3 is 1.87 bits per heavy atom. The van der Waals surface area contributed by atoms with Gasteiger partial charge in [0.1, 0.15) is 6.54 Å². The summed E-state index contributed by atoms with van der Waals surface area (Å²) in [5, 5.41) is 5.51. The molecule has 4 aromatic rings. The second-order valence-electron chi connectivity index (χ2n) is 13.4. The van der Waals surface area contributed by atoms with E-state index in [1.54, 1.807) is 5.56 Å². The number of hydrogen-bond acceptors (Lipinski definition) is 1. The van der Waals surface area contributed by atoms with Gasteiger partial charge >= 0.3 is 33.0 Å². The third-order valence-corrected chi connectivity index (χ3v) is 10.1. The van der Waals surface area contributed by atoms with E-state index in [1.807, 2.05) is 0 Å². The van der Waals surface area contributed by atoms with Crippen LogP contribution in [-0.2, 0) is 10.8 Å². The van der Waals surface area contributed by atoms with E-state index in [2.05, 4.69) is 128 Å². The number of fused-ring (bicyclic) bond motifs is 7. The number of nitrogens with zero attached hydrogens (tertiary/aromatic N) is 2. The molecule has 47 heavy (non-hydrogen) atoms. The number of rotatable bonds is 4. The van der Waals surface area contributed by atoms with E-state index in [9.17, 15) is 25.2 Å². The van der Waals surface area contributed by atoms with E-state index in [4.69, 9.17) is 0 Å². The van der Waals surface area contributed by atoms with Gasteiger partial charge in [-0.2, -0.15) is 4.58 Å². The molecule has 2 heterocycles. The van der Waals surface area contributed by atoms with Crippen LogP contribution in [-0.4, -0.2) is 23.4 Å². The molecule has 1 aliphatic carbocycles. The van der Waals surface area contributed by atoms with Crippen LogP contribution in [0.25, 0.3) is 21.5 Å². The SMILES string of the molecule is CCN1C(=CC=CC2=[N+](CC)c3ccc4ccccc4c3C2(C)C)C2(CCCCC2)c2c1ccc1ccccc21.F[P-](F)(F)(F)(F)F.